The second-order valence-electron chi connectivity index (χ2n) is 6.86. The second kappa shape index (κ2) is 7.19. The van der Waals surface area contributed by atoms with E-state index in [0.717, 1.165) is 43.5 Å². The second-order valence-corrected chi connectivity index (χ2v) is 8.73. The van der Waals surface area contributed by atoms with E-state index in [1.807, 2.05) is 36.1 Å². The summed E-state index contributed by atoms with van der Waals surface area (Å²) in [6, 6.07) is 16.2. The van der Waals surface area contributed by atoms with E-state index >= 15 is 0 Å². The zero-order valence-corrected chi connectivity index (χ0v) is 16.1. The van der Waals surface area contributed by atoms with Crippen molar-refractivity contribution in [3.8, 4) is 11.5 Å². The number of hydrogen-bond donors (Lipinski definition) is 0. The van der Waals surface area contributed by atoms with E-state index in [0.29, 0.717) is 11.8 Å². The third-order valence-electron chi connectivity index (χ3n) is 4.80. The van der Waals surface area contributed by atoms with Gasteiger partial charge < -0.3 is 9.32 Å². The molecule has 0 aliphatic carbocycles. The number of rotatable bonds is 4. The molecule has 6 heteroatoms. The molecule has 3 aromatic rings. The third-order valence-corrected chi connectivity index (χ3v) is 6.46. The summed E-state index contributed by atoms with van der Waals surface area (Å²) in [5.74, 6) is 0.698. The molecule has 0 amide bonds. The Labute approximate surface area is 159 Å². The van der Waals surface area contributed by atoms with Crippen molar-refractivity contribution in [2.45, 2.75) is 36.1 Å². The first-order valence-electron chi connectivity index (χ1n) is 9.19. The van der Waals surface area contributed by atoms with Gasteiger partial charge in [0.05, 0.1) is 4.90 Å². The first kappa shape index (κ1) is 17.8. The maximum absolute atomic E-state index is 13.3. The SMILES string of the molecule is Cc1cccc(-c2nc(S(=O)(=O)c3ccccc3)c(N3CCCCC3)o2)c1. The lowest BCUT2D eigenvalue weighted by atomic mass is 10.1. The average molecular weight is 382 g/mol. The van der Waals surface area contributed by atoms with Crippen LogP contribution in [0, 0.1) is 6.92 Å². The van der Waals surface area contributed by atoms with Gasteiger partial charge in [-0.25, -0.2) is 8.42 Å². The normalized spacial score (nSPS) is 15.1. The smallest absolute Gasteiger partial charge is 0.236 e. The van der Waals surface area contributed by atoms with Crippen molar-refractivity contribution in [2.75, 3.05) is 18.0 Å². The van der Waals surface area contributed by atoms with Gasteiger partial charge in [-0.1, -0.05) is 35.9 Å². The van der Waals surface area contributed by atoms with Crippen molar-refractivity contribution in [1.82, 2.24) is 4.98 Å². The lowest BCUT2D eigenvalue weighted by Gasteiger charge is -2.26. The zero-order chi connectivity index (χ0) is 18.9. The summed E-state index contributed by atoms with van der Waals surface area (Å²) in [5, 5.41) is 0.00658. The number of anilines is 1. The van der Waals surface area contributed by atoms with Crippen molar-refractivity contribution in [3.05, 3.63) is 60.2 Å². The Kier molecular flexibility index (Phi) is 4.74. The fourth-order valence-electron chi connectivity index (χ4n) is 3.38. The van der Waals surface area contributed by atoms with Crippen molar-refractivity contribution in [1.29, 1.82) is 0 Å². The highest BCUT2D eigenvalue weighted by Crippen LogP contribution is 2.35. The molecule has 0 radical (unpaired) electrons. The molecule has 2 aromatic carbocycles. The summed E-state index contributed by atoms with van der Waals surface area (Å²) in [6.07, 6.45) is 3.19. The Bertz CT molecular complexity index is 1040. The van der Waals surface area contributed by atoms with Gasteiger partial charge in [-0.15, -0.1) is 0 Å². The van der Waals surface area contributed by atoms with Gasteiger partial charge >= 0.3 is 0 Å². The average Bonchev–Trinajstić information content (AvgIpc) is 3.16. The largest absolute Gasteiger partial charge is 0.419 e. The molecule has 0 spiro atoms. The Balaban J connectivity index is 1.86. The minimum atomic E-state index is -3.76. The Hall–Kier alpha value is -2.60. The van der Waals surface area contributed by atoms with Gasteiger partial charge in [0.1, 0.15) is 0 Å². The van der Waals surface area contributed by atoms with Crippen LogP contribution in [-0.2, 0) is 9.84 Å². The molecule has 2 heterocycles. The fraction of sp³-hybridized carbons (Fsp3) is 0.286. The molecule has 0 unspecified atom stereocenters. The van der Waals surface area contributed by atoms with Crippen LogP contribution >= 0.6 is 0 Å². The van der Waals surface area contributed by atoms with Crippen LogP contribution in [0.5, 0.6) is 0 Å². The van der Waals surface area contributed by atoms with Crippen LogP contribution in [0.1, 0.15) is 24.8 Å². The molecule has 0 atom stereocenters. The number of aromatic nitrogens is 1. The van der Waals surface area contributed by atoms with Crippen molar-refractivity contribution >= 4 is 15.7 Å². The maximum Gasteiger partial charge on any atom is 0.236 e. The fourth-order valence-corrected chi connectivity index (χ4v) is 4.73. The van der Waals surface area contributed by atoms with E-state index in [-0.39, 0.29) is 9.92 Å². The van der Waals surface area contributed by atoms with Crippen LogP contribution in [0.15, 0.2) is 68.9 Å². The molecule has 1 fully saturated rings. The highest BCUT2D eigenvalue weighted by atomic mass is 32.2. The van der Waals surface area contributed by atoms with Crippen LogP contribution in [0.3, 0.4) is 0 Å². The molecule has 0 saturated carbocycles. The Morgan fingerprint density at radius 2 is 1.70 bits per heavy atom. The maximum atomic E-state index is 13.3. The Morgan fingerprint density at radius 1 is 0.963 bits per heavy atom. The van der Waals surface area contributed by atoms with Crippen LogP contribution in [0.2, 0.25) is 0 Å². The predicted molar refractivity (Wildman–Crippen MR) is 105 cm³/mol. The molecule has 1 aromatic heterocycles. The molecular formula is C21H22N2O3S. The highest BCUT2D eigenvalue weighted by molar-refractivity contribution is 7.91. The first-order valence-corrected chi connectivity index (χ1v) is 10.7. The van der Waals surface area contributed by atoms with Gasteiger partial charge in [-0.2, -0.15) is 4.98 Å². The number of nitrogens with zero attached hydrogens (tertiary/aromatic N) is 2. The lowest BCUT2D eigenvalue weighted by molar-refractivity contribution is 0.499. The molecular weight excluding hydrogens is 360 g/mol. The van der Waals surface area contributed by atoms with Gasteiger partial charge in [-0.05, 0) is 50.5 Å². The molecule has 1 saturated heterocycles. The quantitative estimate of drug-likeness (QED) is 0.666. The summed E-state index contributed by atoms with van der Waals surface area (Å²) >= 11 is 0. The first-order chi connectivity index (χ1) is 13.1. The van der Waals surface area contributed by atoms with Crippen LogP contribution < -0.4 is 4.90 Å². The van der Waals surface area contributed by atoms with Crippen molar-refractivity contribution < 1.29 is 12.8 Å². The molecule has 140 valence electrons. The van der Waals surface area contributed by atoms with Crippen molar-refractivity contribution in [2.24, 2.45) is 0 Å². The monoisotopic (exact) mass is 382 g/mol. The predicted octanol–water partition coefficient (Wildman–Crippen LogP) is 4.47. The number of oxazole rings is 1. The standard InChI is InChI=1S/C21H22N2O3S/c1-16-9-8-10-17(15-16)19-22-20(21(26-19)23-13-6-3-7-14-23)27(24,25)18-11-4-2-5-12-18/h2,4-5,8-12,15H,3,6-7,13-14H2,1H3. The molecule has 0 bridgehead atoms. The number of sulfone groups is 1. The van der Waals surface area contributed by atoms with Gasteiger partial charge in [0.2, 0.25) is 26.6 Å². The summed E-state index contributed by atoms with van der Waals surface area (Å²) in [4.78, 5) is 6.68. The van der Waals surface area contributed by atoms with Gasteiger partial charge in [0, 0.05) is 18.7 Å². The molecule has 1 aliphatic heterocycles. The number of aryl methyl sites for hydroxylation is 1. The van der Waals surface area contributed by atoms with Crippen LogP contribution in [-0.4, -0.2) is 26.5 Å². The summed E-state index contributed by atoms with van der Waals surface area (Å²) in [7, 11) is -3.76. The number of piperidine rings is 1. The van der Waals surface area contributed by atoms with Crippen molar-refractivity contribution in [3.63, 3.8) is 0 Å². The minimum Gasteiger partial charge on any atom is -0.419 e. The zero-order valence-electron chi connectivity index (χ0n) is 15.3. The number of hydrogen-bond acceptors (Lipinski definition) is 5. The number of benzene rings is 2. The lowest BCUT2D eigenvalue weighted by Crippen LogP contribution is -2.30. The third kappa shape index (κ3) is 3.49. The van der Waals surface area contributed by atoms with Gasteiger partial charge in [0.15, 0.2) is 0 Å². The highest BCUT2D eigenvalue weighted by Gasteiger charge is 2.31. The van der Waals surface area contributed by atoms with E-state index in [4.69, 9.17) is 4.42 Å². The molecule has 27 heavy (non-hydrogen) atoms. The van der Waals surface area contributed by atoms with E-state index in [9.17, 15) is 8.42 Å². The summed E-state index contributed by atoms with van der Waals surface area (Å²) in [5.41, 5.74) is 1.85. The van der Waals surface area contributed by atoms with Gasteiger partial charge in [0.25, 0.3) is 0 Å². The van der Waals surface area contributed by atoms with E-state index in [1.54, 1.807) is 30.3 Å². The molecule has 4 rings (SSSR count). The van der Waals surface area contributed by atoms with E-state index in [1.165, 1.54) is 0 Å². The summed E-state index contributed by atoms with van der Waals surface area (Å²) in [6.45, 7) is 3.54. The molecule has 0 N–H and O–H groups in total. The van der Waals surface area contributed by atoms with Crippen LogP contribution in [0.25, 0.3) is 11.5 Å². The minimum absolute atomic E-state index is 0.00658. The van der Waals surface area contributed by atoms with Crippen LogP contribution in [0.4, 0.5) is 5.88 Å². The van der Waals surface area contributed by atoms with Gasteiger partial charge in [-0.3, -0.25) is 0 Å². The topological polar surface area (TPSA) is 63.4 Å². The molecule has 1 aliphatic rings. The summed E-state index contributed by atoms with van der Waals surface area (Å²) < 4.78 is 32.6. The van der Waals surface area contributed by atoms with E-state index < -0.39 is 9.84 Å². The van der Waals surface area contributed by atoms with E-state index in [2.05, 4.69) is 4.98 Å². The molecule has 5 nitrogen and oxygen atoms in total. The Morgan fingerprint density at radius 3 is 2.41 bits per heavy atom.